The van der Waals surface area contributed by atoms with Gasteiger partial charge in [-0.2, -0.15) is 10.4 Å². The molecule has 17 heavy (non-hydrogen) atoms. The lowest BCUT2D eigenvalue weighted by atomic mass is 10.1. The first-order valence-corrected chi connectivity index (χ1v) is 5.46. The van der Waals surface area contributed by atoms with Crippen LogP contribution >= 0.6 is 0 Å². The molecule has 0 fully saturated rings. The molecule has 0 saturated carbocycles. The summed E-state index contributed by atoms with van der Waals surface area (Å²) < 4.78 is 1.69. The summed E-state index contributed by atoms with van der Waals surface area (Å²) in [4.78, 5) is 8.28. The maximum Gasteiger partial charge on any atom is 0.252 e. The molecule has 2 aromatic heterocycles. The third-order valence-corrected chi connectivity index (χ3v) is 2.74. The Kier molecular flexibility index (Phi) is 2.88. The van der Waals surface area contributed by atoms with E-state index >= 15 is 0 Å². The van der Waals surface area contributed by atoms with Crippen molar-refractivity contribution in [3.05, 3.63) is 34.9 Å². The molecule has 0 radical (unpaired) electrons. The van der Waals surface area contributed by atoms with Crippen molar-refractivity contribution >= 4 is 0 Å². The Labute approximate surface area is 99.8 Å². The maximum absolute atomic E-state index is 8.81. The summed E-state index contributed by atoms with van der Waals surface area (Å²) >= 11 is 0. The third-order valence-electron chi connectivity index (χ3n) is 2.74. The van der Waals surface area contributed by atoms with E-state index in [1.165, 1.54) is 5.56 Å². The van der Waals surface area contributed by atoms with Gasteiger partial charge in [-0.25, -0.2) is 14.6 Å². The molecule has 0 atom stereocenters. The number of aryl methyl sites for hydroxylation is 1. The fraction of sp³-hybridized carbons (Fsp3) is 0.333. The summed E-state index contributed by atoms with van der Waals surface area (Å²) in [5.74, 6) is 0.448. The van der Waals surface area contributed by atoms with Crippen molar-refractivity contribution in [3.8, 4) is 12.0 Å². The minimum absolute atomic E-state index is 0.348. The molecule has 2 heterocycles. The number of nitriles is 1. The molecule has 0 amide bonds. The van der Waals surface area contributed by atoms with Gasteiger partial charge in [-0.1, -0.05) is 6.92 Å². The molecule has 0 saturated heterocycles. The van der Waals surface area contributed by atoms with E-state index in [1.807, 2.05) is 19.9 Å². The zero-order valence-electron chi connectivity index (χ0n) is 10.1. The van der Waals surface area contributed by atoms with E-state index in [9.17, 15) is 0 Å². The van der Waals surface area contributed by atoms with Crippen molar-refractivity contribution in [3.63, 3.8) is 0 Å². The van der Waals surface area contributed by atoms with Crippen LogP contribution in [-0.2, 0) is 6.42 Å². The van der Waals surface area contributed by atoms with E-state index in [2.05, 4.69) is 22.0 Å². The highest BCUT2D eigenvalue weighted by Gasteiger charge is 2.12. The van der Waals surface area contributed by atoms with E-state index in [0.29, 0.717) is 11.6 Å². The van der Waals surface area contributed by atoms with Crippen LogP contribution in [-0.4, -0.2) is 19.7 Å². The van der Waals surface area contributed by atoms with E-state index in [4.69, 9.17) is 5.26 Å². The molecule has 0 bridgehead atoms. The summed E-state index contributed by atoms with van der Waals surface area (Å²) in [6, 6.07) is 3.58. The smallest absolute Gasteiger partial charge is 0.220 e. The van der Waals surface area contributed by atoms with Crippen molar-refractivity contribution < 1.29 is 0 Å². The third kappa shape index (κ3) is 1.89. The molecule has 2 rings (SSSR count). The first-order chi connectivity index (χ1) is 8.17. The number of hydrogen-bond acceptors (Lipinski definition) is 4. The van der Waals surface area contributed by atoms with Gasteiger partial charge >= 0.3 is 0 Å². The molecule has 0 N–H and O–H groups in total. The summed E-state index contributed by atoms with van der Waals surface area (Å²) in [5.41, 5.74) is 3.56. The van der Waals surface area contributed by atoms with Gasteiger partial charge in [0.25, 0.3) is 5.95 Å². The van der Waals surface area contributed by atoms with Gasteiger partial charge in [0.15, 0.2) is 0 Å². The van der Waals surface area contributed by atoms with Crippen LogP contribution in [0.25, 0.3) is 5.95 Å². The van der Waals surface area contributed by atoms with Crippen molar-refractivity contribution in [2.45, 2.75) is 27.2 Å². The molecule has 5 heteroatoms. The van der Waals surface area contributed by atoms with Crippen molar-refractivity contribution in [2.75, 3.05) is 0 Å². The van der Waals surface area contributed by atoms with Crippen molar-refractivity contribution in [1.82, 2.24) is 19.7 Å². The highest BCUT2D eigenvalue weighted by Crippen LogP contribution is 2.15. The molecule has 2 aromatic rings. The molecule has 86 valence electrons. The Morgan fingerprint density at radius 1 is 1.41 bits per heavy atom. The topological polar surface area (TPSA) is 67.4 Å². The zero-order valence-corrected chi connectivity index (χ0v) is 10.1. The van der Waals surface area contributed by atoms with Gasteiger partial charge in [0.1, 0.15) is 11.8 Å². The largest absolute Gasteiger partial charge is 0.252 e. The zero-order chi connectivity index (χ0) is 12.4. The molecule has 5 nitrogen and oxygen atoms in total. The van der Waals surface area contributed by atoms with Crippen LogP contribution < -0.4 is 0 Å². The van der Waals surface area contributed by atoms with Gasteiger partial charge in [-0.3, -0.25) is 0 Å². The average molecular weight is 227 g/mol. The van der Waals surface area contributed by atoms with Crippen molar-refractivity contribution in [1.29, 1.82) is 5.26 Å². The standard InChI is InChI=1S/C12H13N5/c1-4-11-8(2)16-17(9(11)3)12-14-6-5-10(7-13)15-12/h5-6H,4H2,1-3H3. The molecule has 0 aliphatic rings. The van der Waals surface area contributed by atoms with Crippen LogP contribution in [0.15, 0.2) is 12.3 Å². The first kappa shape index (κ1) is 11.3. The van der Waals surface area contributed by atoms with E-state index in [-0.39, 0.29) is 0 Å². The minimum Gasteiger partial charge on any atom is -0.220 e. The van der Waals surface area contributed by atoms with Gasteiger partial charge in [0.05, 0.1) is 5.69 Å². The highest BCUT2D eigenvalue weighted by atomic mass is 15.4. The van der Waals surface area contributed by atoms with Crippen LogP contribution in [0.2, 0.25) is 0 Å². The molecule has 0 aromatic carbocycles. The van der Waals surface area contributed by atoms with Crippen LogP contribution in [0.4, 0.5) is 0 Å². The Morgan fingerprint density at radius 3 is 2.76 bits per heavy atom. The average Bonchev–Trinajstić information content (AvgIpc) is 2.64. The number of hydrogen-bond donors (Lipinski definition) is 0. The lowest BCUT2D eigenvalue weighted by Gasteiger charge is -2.02. The van der Waals surface area contributed by atoms with E-state index in [0.717, 1.165) is 17.8 Å². The lowest BCUT2D eigenvalue weighted by Crippen LogP contribution is -2.05. The predicted molar refractivity (Wildman–Crippen MR) is 62.7 cm³/mol. The van der Waals surface area contributed by atoms with Crippen LogP contribution in [0.3, 0.4) is 0 Å². The molecular weight excluding hydrogens is 214 g/mol. The number of aromatic nitrogens is 4. The van der Waals surface area contributed by atoms with Crippen molar-refractivity contribution in [2.24, 2.45) is 0 Å². The summed E-state index contributed by atoms with van der Waals surface area (Å²) in [6.07, 6.45) is 2.50. The molecule has 0 aliphatic heterocycles. The summed E-state index contributed by atoms with van der Waals surface area (Å²) in [6.45, 7) is 6.05. The minimum atomic E-state index is 0.348. The molecular formula is C12H13N5. The fourth-order valence-corrected chi connectivity index (χ4v) is 1.89. The van der Waals surface area contributed by atoms with Crippen LogP contribution in [0.1, 0.15) is 29.6 Å². The van der Waals surface area contributed by atoms with Gasteiger partial charge in [0, 0.05) is 11.9 Å². The van der Waals surface area contributed by atoms with E-state index < -0.39 is 0 Å². The van der Waals surface area contributed by atoms with E-state index in [1.54, 1.807) is 16.9 Å². The summed E-state index contributed by atoms with van der Waals surface area (Å²) in [5, 5.41) is 13.2. The van der Waals surface area contributed by atoms with Gasteiger partial charge in [-0.05, 0) is 31.9 Å². The first-order valence-electron chi connectivity index (χ1n) is 5.46. The normalized spacial score (nSPS) is 10.2. The lowest BCUT2D eigenvalue weighted by molar-refractivity contribution is 0.770. The second kappa shape index (κ2) is 4.34. The van der Waals surface area contributed by atoms with Gasteiger partial charge in [-0.15, -0.1) is 0 Å². The quantitative estimate of drug-likeness (QED) is 0.783. The SMILES string of the molecule is CCc1c(C)nn(-c2nccc(C#N)n2)c1C. The Bertz CT molecular complexity index is 591. The predicted octanol–water partition coefficient (Wildman–Crippen LogP) is 1.71. The Hall–Kier alpha value is -2.22. The number of rotatable bonds is 2. The van der Waals surface area contributed by atoms with Crippen LogP contribution in [0, 0.1) is 25.2 Å². The maximum atomic E-state index is 8.81. The second-order valence-corrected chi connectivity index (χ2v) is 3.77. The monoisotopic (exact) mass is 227 g/mol. The summed E-state index contributed by atoms with van der Waals surface area (Å²) in [7, 11) is 0. The fourth-order valence-electron chi connectivity index (χ4n) is 1.89. The Morgan fingerprint density at radius 2 is 2.18 bits per heavy atom. The van der Waals surface area contributed by atoms with Crippen LogP contribution in [0.5, 0.6) is 0 Å². The number of nitrogens with zero attached hydrogens (tertiary/aromatic N) is 5. The second-order valence-electron chi connectivity index (χ2n) is 3.77. The molecule has 0 spiro atoms. The highest BCUT2D eigenvalue weighted by molar-refractivity contribution is 5.30. The Balaban J connectivity index is 2.57. The van der Waals surface area contributed by atoms with Gasteiger partial charge < -0.3 is 0 Å². The molecule has 0 unspecified atom stereocenters. The van der Waals surface area contributed by atoms with Gasteiger partial charge in [0.2, 0.25) is 0 Å². The molecule has 0 aliphatic carbocycles.